The first kappa shape index (κ1) is 31.2. The zero-order chi connectivity index (χ0) is 30.7. The fourth-order valence-electron chi connectivity index (χ4n) is 6.60. The Kier molecular flexibility index (Phi) is 9.58. The van der Waals surface area contributed by atoms with Gasteiger partial charge in [0.25, 0.3) is 0 Å². The van der Waals surface area contributed by atoms with Crippen LogP contribution in [0.2, 0.25) is 0 Å². The summed E-state index contributed by atoms with van der Waals surface area (Å²) in [4.78, 5) is 15.8. The average molecular weight is 614 g/mol. The van der Waals surface area contributed by atoms with Crippen molar-refractivity contribution in [2.45, 2.75) is 74.9 Å². The summed E-state index contributed by atoms with van der Waals surface area (Å²) >= 11 is 0. The number of amides is 1. The summed E-state index contributed by atoms with van der Waals surface area (Å²) in [5, 5.41) is 0. The molecule has 43 heavy (non-hydrogen) atoms. The van der Waals surface area contributed by atoms with E-state index in [9.17, 15) is 26.4 Å². The zero-order valence-corrected chi connectivity index (χ0v) is 25.1. The lowest BCUT2D eigenvalue weighted by molar-refractivity contribution is -0.136. The van der Waals surface area contributed by atoms with Crippen molar-refractivity contribution >= 4 is 15.9 Å². The Balaban J connectivity index is 1.27. The van der Waals surface area contributed by atoms with Gasteiger partial charge in [0.2, 0.25) is 15.9 Å². The highest BCUT2D eigenvalue weighted by Gasteiger charge is 2.45. The summed E-state index contributed by atoms with van der Waals surface area (Å²) in [6, 6.07) is 17.2. The summed E-state index contributed by atoms with van der Waals surface area (Å²) in [6.45, 7) is 1.83. The predicted molar refractivity (Wildman–Crippen MR) is 159 cm³/mol. The maximum Gasteiger partial charge on any atom is 0.243 e. The largest absolute Gasteiger partial charge is 0.336 e. The van der Waals surface area contributed by atoms with E-state index in [0.717, 1.165) is 30.0 Å². The molecular formula is C33H38F3N3O3S. The molecule has 3 aromatic carbocycles. The summed E-state index contributed by atoms with van der Waals surface area (Å²) in [5.41, 5.74) is 8.52. The molecule has 10 heteroatoms. The number of carbonyl (C=O) groups is 1. The Morgan fingerprint density at radius 3 is 2.23 bits per heavy atom. The minimum atomic E-state index is -3.92. The quantitative estimate of drug-likeness (QED) is 0.295. The standard InChI is InChI=1S/C33H38F3N3O3S/c1-22-9-13-28(14-10-22)43(41,42)38(15-5-8-23-6-3-2-4-7-23)21-33(40)39-26-11-12-27(39)17-25(16-26)32(37)19-24-18-30(35)31(36)20-29(24)34/h2-4,6-7,9-10,13-14,18,20,25-27,32H,5,8,11-12,15-17,19,21,37H2,1H3/t25?,26-,27+,32-/m1/s1. The van der Waals surface area contributed by atoms with Gasteiger partial charge in [-0.25, -0.2) is 21.6 Å². The predicted octanol–water partition coefficient (Wildman–Crippen LogP) is 5.38. The van der Waals surface area contributed by atoms with Crippen molar-refractivity contribution in [2.24, 2.45) is 11.7 Å². The van der Waals surface area contributed by atoms with E-state index in [1.807, 2.05) is 42.2 Å². The molecule has 0 spiro atoms. The van der Waals surface area contributed by atoms with Crippen LogP contribution in [0.15, 0.2) is 71.6 Å². The molecule has 3 aromatic rings. The Bertz CT molecular complexity index is 1520. The van der Waals surface area contributed by atoms with Crippen LogP contribution >= 0.6 is 0 Å². The molecule has 0 aromatic heterocycles. The van der Waals surface area contributed by atoms with E-state index in [4.69, 9.17) is 5.73 Å². The molecule has 4 atom stereocenters. The second kappa shape index (κ2) is 13.2. The second-order valence-electron chi connectivity index (χ2n) is 11.9. The highest BCUT2D eigenvalue weighted by atomic mass is 32.2. The van der Waals surface area contributed by atoms with E-state index in [1.54, 1.807) is 24.3 Å². The summed E-state index contributed by atoms with van der Waals surface area (Å²) in [7, 11) is -3.92. The smallest absolute Gasteiger partial charge is 0.243 e. The molecule has 2 saturated heterocycles. The van der Waals surface area contributed by atoms with Gasteiger partial charge in [-0.3, -0.25) is 4.79 Å². The van der Waals surface area contributed by atoms with Gasteiger partial charge in [-0.1, -0.05) is 48.0 Å². The van der Waals surface area contributed by atoms with Gasteiger partial charge >= 0.3 is 0 Å². The van der Waals surface area contributed by atoms with Crippen LogP contribution in [0.3, 0.4) is 0 Å². The number of aryl methyl sites for hydroxylation is 2. The third-order valence-electron chi connectivity index (χ3n) is 8.89. The minimum Gasteiger partial charge on any atom is -0.336 e. The summed E-state index contributed by atoms with van der Waals surface area (Å²) in [5.74, 6) is -3.45. The van der Waals surface area contributed by atoms with Crippen LogP contribution < -0.4 is 5.73 Å². The van der Waals surface area contributed by atoms with E-state index in [-0.39, 0.29) is 53.9 Å². The lowest BCUT2D eigenvalue weighted by atomic mass is 9.82. The maximum atomic E-state index is 14.3. The molecule has 5 rings (SSSR count). The van der Waals surface area contributed by atoms with Gasteiger partial charge in [-0.15, -0.1) is 0 Å². The number of piperidine rings is 1. The number of halogens is 3. The van der Waals surface area contributed by atoms with Crippen LogP contribution in [0.1, 0.15) is 48.8 Å². The van der Waals surface area contributed by atoms with Crippen molar-refractivity contribution in [3.05, 3.63) is 101 Å². The van der Waals surface area contributed by atoms with Gasteiger partial charge in [-0.05, 0) is 87.1 Å². The first-order chi connectivity index (χ1) is 20.5. The second-order valence-corrected chi connectivity index (χ2v) is 13.8. The molecule has 2 aliphatic heterocycles. The number of hydrogen-bond donors (Lipinski definition) is 1. The number of carbonyl (C=O) groups excluding carboxylic acids is 1. The van der Waals surface area contributed by atoms with Crippen LogP contribution in [0.25, 0.3) is 0 Å². The molecule has 0 saturated carbocycles. The summed E-state index contributed by atoms with van der Waals surface area (Å²) < 4.78 is 70.1. The van der Waals surface area contributed by atoms with Crippen LogP contribution in [-0.4, -0.2) is 54.7 Å². The van der Waals surface area contributed by atoms with Crippen molar-refractivity contribution < 1.29 is 26.4 Å². The van der Waals surface area contributed by atoms with Crippen molar-refractivity contribution in [1.82, 2.24) is 9.21 Å². The molecule has 2 heterocycles. The van der Waals surface area contributed by atoms with Gasteiger partial charge in [0.05, 0.1) is 11.4 Å². The van der Waals surface area contributed by atoms with Gasteiger partial charge in [0, 0.05) is 30.7 Å². The molecule has 2 bridgehead atoms. The Morgan fingerprint density at radius 2 is 1.58 bits per heavy atom. The van der Waals surface area contributed by atoms with Gasteiger partial charge in [-0.2, -0.15) is 4.31 Å². The summed E-state index contributed by atoms with van der Waals surface area (Å²) in [6.07, 6.45) is 4.04. The molecule has 2 N–H and O–H groups in total. The minimum absolute atomic E-state index is 0.0321. The number of rotatable bonds is 11. The van der Waals surface area contributed by atoms with Crippen LogP contribution in [-0.2, 0) is 27.7 Å². The van der Waals surface area contributed by atoms with Gasteiger partial charge < -0.3 is 10.6 Å². The zero-order valence-electron chi connectivity index (χ0n) is 24.3. The highest BCUT2D eigenvalue weighted by Crippen LogP contribution is 2.40. The topological polar surface area (TPSA) is 83.7 Å². The Morgan fingerprint density at radius 1 is 0.953 bits per heavy atom. The SMILES string of the molecule is Cc1ccc(S(=O)(=O)N(CCCc2ccccc2)CC(=O)N2[C@@H]3CC[C@H]2CC([C@H](N)Cc2cc(F)c(F)cc2F)C3)cc1. The van der Waals surface area contributed by atoms with E-state index < -0.39 is 33.5 Å². The van der Waals surface area contributed by atoms with Crippen LogP contribution in [0.4, 0.5) is 13.2 Å². The molecule has 0 radical (unpaired) electrons. The van der Waals surface area contributed by atoms with Gasteiger partial charge in [0.1, 0.15) is 5.82 Å². The molecule has 230 valence electrons. The number of benzene rings is 3. The van der Waals surface area contributed by atoms with Crippen molar-refractivity contribution in [3.63, 3.8) is 0 Å². The average Bonchev–Trinajstić information content (AvgIpc) is 3.25. The Labute approximate surface area is 251 Å². The molecule has 2 fully saturated rings. The van der Waals surface area contributed by atoms with Crippen LogP contribution in [0, 0.1) is 30.3 Å². The molecule has 2 aliphatic rings. The normalized spacial score (nSPS) is 20.9. The van der Waals surface area contributed by atoms with E-state index in [0.29, 0.717) is 31.7 Å². The first-order valence-corrected chi connectivity index (χ1v) is 16.3. The third kappa shape index (κ3) is 7.13. The van der Waals surface area contributed by atoms with Crippen molar-refractivity contribution in [3.8, 4) is 0 Å². The van der Waals surface area contributed by atoms with Crippen LogP contribution in [0.5, 0.6) is 0 Å². The fraction of sp³-hybridized carbons (Fsp3) is 0.424. The lowest BCUT2D eigenvalue weighted by Gasteiger charge is -2.41. The number of fused-ring (bicyclic) bond motifs is 2. The molecule has 0 aliphatic carbocycles. The van der Waals surface area contributed by atoms with Crippen molar-refractivity contribution in [2.75, 3.05) is 13.1 Å². The van der Waals surface area contributed by atoms with Crippen molar-refractivity contribution in [1.29, 1.82) is 0 Å². The molecular weight excluding hydrogens is 575 g/mol. The highest BCUT2D eigenvalue weighted by molar-refractivity contribution is 7.89. The lowest BCUT2D eigenvalue weighted by Crippen LogP contribution is -2.53. The first-order valence-electron chi connectivity index (χ1n) is 14.8. The van der Waals surface area contributed by atoms with E-state index in [1.165, 1.54) is 4.31 Å². The maximum absolute atomic E-state index is 14.3. The monoisotopic (exact) mass is 613 g/mol. The third-order valence-corrected chi connectivity index (χ3v) is 10.8. The number of hydrogen-bond acceptors (Lipinski definition) is 4. The number of nitrogens with zero attached hydrogens (tertiary/aromatic N) is 2. The van der Waals surface area contributed by atoms with E-state index >= 15 is 0 Å². The number of sulfonamides is 1. The molecule has 1 unspecified atom stereocenters. The Hall–Kier alpha value is -3.21. The molecule has 1 amide bonds. The van der Waals surface area contributed by atoms with E-state index in [2.05, 4.69) is 0 Å². The van der Waals surface area contributed by atoms with Gasteiger partial charge in [0.15, 0.2) is 11.6 Å². The fourth-order valence-corrected chi connectivity index (χ4v) is 8.02. The number of nitrogens with two attached hydrogens (primary N) is 1. The molecule has 6 nitrogen and oxygen atoms in total.